The summed E-state index contributed by atoms with van der Waals surface area (Å²) in [6, 6.07) is 0. The van der Waals surface area contributed by atoms with E-state index in [0.717, 1.165) is 66.9 Å². The molecule has 6 nitrogen and oxygen atoms in total. The van der Waals surface area contributed by atoms with Gasteiger partial charge in [-0.3, -0.25) is 14.4 Å². The number of carbonyl (C=O) groups excluding carboxylic acids is 3. The van der Waals surface area contributed by atoms with Gasteiger partial charge in [-0.25, -0.2) is 0 Å². The molecule has 1 atom stereocenters. The average molecular weight is 593 g/mol. The molecule has 1 heterocycles. The third-order valence-electron chi connectivity index (χ3n) is 8.41. The topological polar surface area (TPSA) is 78.9 Å². The standard InChI is InChI=1S/C34H53ClO6/c1-6-7-8-9-13-16-23-39-24-17-14-11-10-12-15-18-29(36)34(5)22-21-28-27(4)32(25(2)26(3)33(28)41-34)40-31(38)20-19-30(35)37/h6-24H2,1-5H3. The Morgan fingerprint density at radius 3 is 1.98 bits per heavy atom. The number of Topliss-reactive ketones (excluding diaryl/α,β-unsaturated/α-hetero) is 1. The second-order valence-electron chi connectivity index (χ2n) is 11.8. The molecule has 41 heavy (non-hydrogen) atoms. The third-order valence-corrected chi connectivity index (χ3v) is 8.60. The predicted molar refractivity (Wildman–Crippen MR) is 165 cm³/mol. The fraction of sp³-hybridized carbons (Fsp3) is 0.735. The molecule has 1 aliphatic heterocycles. The molecule has 0 amide bonds. The number of hydrogen-bond donors (Lipinski definition) is 0. The first kappa shape index (κ1) is 35.3. The van der Waals surface area contributed by atoms with Crippen molar-refractivity contribution in [3.63, 3.8) is 0 Å². The van der Waals surface area contributed by atoms with Crippen molar-refractivity contribution in [3.05, 3.63) is 22.3 Å². The summed E-state index contributed by atoms with van der Waals surface area (Å²) >= 11 is 5.36. The average Bonchev–Trinajstić information content (AvgIpc) is 2.94. The Kier molecular flexibility index (Phi) is 16.0. The number of ketones is 1. The van der Waals surface area contributed by atoms with E-state index in [-0.39, 0.29) is 18.6 Å². The number of ether oxygens (including phenoxy) is 3. The van der Waals surface area contributed by atoms with Crippen LogP contribution < -0.4 is 9.47 Å². The minimum absolute atomic E-state index is 0.0553. The fourth-order valence-electron chi connectivity index (χ4n) is 5.50. The number of esters is 1. The summed E-state index contributed by atoms with van der Waals surface area (Å²) in [6.45, 7) is 11.6. The minimum atomic E-state index is -0.844. The van der Waals surface area contributed by atoms with Gasteiger partial charge in [-0.1, -0.05) is 64.7 Å². The van der Waals surface area contributed by atoms with Gasteiger partial charge in [-0.05, 0) is 88.1 Å². The highest BCUT2D eigenvalue weighted by atomic mass is 35.5. The van der Waals surface area contributed by atoms with Gasteiger partial charge in [-0.2, -0.15) is 0 Å². The number of rotatable bonds is 21. The van der Waals surface area contributed by atoms with Crippen molar-refractivity contribution in [2.24, 2.45) is 0 Å². The normalized spacial score (nSPS) is 16.2. The van der Waals surface area contributed by atoms with Crippen LogP contribution in [-0.2, 0) is 25.5 Å². The van der Waals surface area contributed by atoms with Gasteiger partial charge in [-0.15, -0.1) is 0 Å². The molecule has 7 heteroatoms. The van der Waals surface area contributed by atoms with E-state index in [1.54, 1.807) is 0 Å². The number of hydrogen-bond acceptors (Lipinski definition) is 6. The Labute approximate surface area is 253 Å². The van der Waals surface area contributed by atoms with Crippen molar-refractivity contribution in [1.29, 1.82) is 0 Å². The van der Waals surface area contributed by atoms with Gasteiger partial charge in [0.2, 0.25) is 5.24 Å². The van der Waals surface area contributed by atoms with Crippen LogP contribution in [0, 0.1) is 20.8 Å². The number of unbranched alkanes of at least 4 members (excludes halogenated alkanes) is 10. The molecule has 0 aromatic heterocycles. The molecule has 0 bridgehead atoms. The number of halogens is 1. The maximum absolute atomic E-state index is 13.2. The fourth-order valence-corrected chi connectivity index (χ4v) is 5.59. The Hall–Kier alpha value is -1.92. The maximum Gasteiger partial charge on any atom is 0.311 e. The van der Waals surface area contributed by atoms with Gasteiger partial charge in [0.1, 0.15) is 11.5 Å². The van der Waals surface area contributed by atoms with Crippen molar-refractivity contribution < 1.29 is 28.6 Å². The molecular formula is C34H53ClO6. The Morgan fingerprint density at radius 2 is 1.37 bits per heavy atom. The van der Waals surface area contributed by atoms with E-state index in [1.165, 1.54) is 51.4 Å². The number of benzene rings is 1. The summed E-state index contributed by atoms with van der Waals surface area (Å²) in [5.74, 6) is 0.910. The van der Waals surface area contributed by atoms with Gasteiger partial charge >= 0.3 is 5.97 Å². The summed E-state index contributed by atoms with van der Waals surface area (Å²) in [4.78, 5) is 36.5. The zero-order valence-corrected chi connectivity index (χ0v) is 27.0. The van der Waals surface area contributed by atoms with Crippen LogP contribution in [0.4, 0.5) is 0 Å². The molecule has 1 unspecified atom stereocenters. The molecule has 0 saturated carbocycles. The maximum atomic E-state index is 13.2. The minimum Gasteiger partial charge on any atom is -0.479 e. The summed E-state index contributed by atoms with van der Waals surface area (Å²) in [5.41, 5.74) is 2.65. The molecule has 1 aliphatic rings. The van der Waals surface area contributed by atoms with Crippen molar-refractivity contribution >= 4 is 28.6 Å². The van der Waals surface area contributed by atoms with Gasteiger partial charge in [0.15, 0.2) is 11.4 Å². The highest BCUT2D eigenvalue weighted by Gasteiger charge is 2.40. The second kappa shape index (κ2) is 18.6. The highest BCUT2D eigenvalue weighted by molar-refractivity contribution is 6.63. The van der Waals surface area contributed by atoms with Crippen molar-refractivity contribution in [1.82, 2.24) is 0 Å². The Balaban J connectivity index is 1.72. The molecule has 2 rings (SSSR count). The Bertz CT molecular complexity index is 1000. The van der Waals surface area contributed by atoms with Gasteiger partial charge in [0.25, 0.3) is 0 Å². The van der Waals surface area contributed by atoms with E-state index >= 15 is 0 Å². The van der Waals surface area contributed by atoms with Gasteiger partial charge in [0.05, 0.1) is 6.42 Å². The van der Waals surface area contributed by atoms with Crippen LogP contribution in [0.15, 0.2) is 0 Å². The SMILES string of the molecule is CCCCCCCCOCCCCCCCCC(=O)C1(C)CCc2c(C)c(OC(=O)CCC(=O)Cl)c(C)c(C)c2O1. The van der Waals surface area contributed by atoms with Crippen molar-refractivity contribution in [3.8, 4) is 11.5 Å². The first-order valence-corrected chi connectivity index (χ1v) is 16.3. The van der Waals surface area contributed by atoms with Crippen molar-refractivity contribution in [2.75, 3.05) is 13.2 Å². The largest absolute Gasteiger partial charge is 0.479 e. The summed E-state index contributed by atoms with van der Waals surface area (Å²) in [6.07, 6.45) is 16.0. The zero-order valence-electron chi connectivity index (χ0n) is 26.3. The predicted octanol–water partition coefficient (Wildman–Crippen LogP) is 8.82. The lowest BCUT2D eigenvalue weighted by Crippen LogP contribution is -2.44. The van der Waals surface area contributed by atoms with Crippen LogP contribution in [-0.4, -0.2) is 35.8 Å². The van der Waals surface area contributed by atoms with Crippen LogP contribution in [0.3, 0.4) is 0 Å². The summed E-state index contributed by atoms with van der Waals surface area (Å²) < 4.78 is 17.8. The molecule has 232 valence electrons. The second-order valence-corrected chi connectivity index (χ2v) is 12.3. The number of fused-ring (bicyclic) bond motifs is 1. The van der Waals surface area contributed by atoms with Crippen LogP contribution in [0.1, 0.15) is 139 Å². The van der Waals surface area contributed by atoms with Crippen LogP contribution in [0.2, 0.25) is 0 Å². The van der Waals surface area contributed by atoms with E-state index in [2.05, 4.69) is 6.92 Å². The molecule has 0 N–H and O–H groups in total. The smallest absolute Gasteiger partial charge is 0.311 e. The molecule has 1 aromatic carbocycles. The summed E-state index contributed by atoms with van der Waals surface area (Å²) in [5, 5.41) is -0.561. The molecule has 1 aromatic rings. The molecule has 0 aliphatic carbocycles. The lowest BCUT2D eigenvalue weighted by Gasteiger charge is -2.37. The van der Waals surface area contributed by atoms with Gasteiger partial charge < -0.3 is 14.2 Å². The van der Waals surface area contributed by atoms with E-state index < -0.39 is 16.8 Å². The monoisotopic (exact) mass is 592 g/mol. The molecule has 0 spiro atoms. The van der Waals surface area contributed by atoms with E-state index in [9.17, 15) is 14.4 Å². The molecular weight excluding hydrogens is 540 g/mol. The lowest BCUT2D eigenvalue weighted by atomic mass is 9.84. The summed E-state index contributed by atoms with van der Waals surface area (Å²) in [7, 11) is 0. The van der Waals surface area contributed by atoms with Crippen LogP contribution in [0.25, 0.3) is 0 Å². The molecule has 0 radical (unpaired) electrons. The Morgan fingerprint density at radius 1 is 0.780 bits per heavy atom. The van der Waals surface area contributed by atoms with E-state index in [4.69, 9.17) is 25.8 Å². The third kappa shape index (κ3) is 11.7. The van der Waals surface area contributed by atoms with Crippen molar-refractivity contribution in [2.45, 2.75) is 149 Å². The molecule has 0 saturated heterocycles. The van der Waals surface area contributed by atoms with E-state index in [1.807, 2.05) is 27.7 Å². The van der Waals surface area contributed by atoms with Crippen LogP contribution in [0.5, 0.6) is 11.5 Å². The quantitative estimate of drug-likeness (QED) is 0.0614. The van der Waals surface area contributed by atoms with Crippen LogP contribution >= 0.6 is 11.6 Å². The highest BCUT2D eigenvalue weighted by Crippen LogP contribution is 2.44. The first-order chi connectivity index (χ1) is 19.6. The lowest BCUT2D eigenvalue weighted by molar-refractivity contribution is -0.135. The molecule has 0 fully saturated rings. The van der Waals surface area contributed by atoms with E-state index in [0.29, 0.717) is 25.0 Å². The number of carbonyl (C=O) groups is 3. The van der Waals surface area contributed by atoms with Gasteiger partial charge in [0, 0.05) is 31.6 Å². The first-order valence-electron chi connectivity index (χ1n) is 15.9. The zero-order chi connectivity index (χ0) is 30.3.